The highest BCUT2D eigenvalue weighted by molar-refractivity contribution is 5.94. The summed E-state index contributed by atoms with van der Waals surface area (Å²) < 4.78 is 46.3. The van der Waals surface area contributed by atoms with E-state index < -0.39 is 24.6 Å². The van der Waals surface area contributed by atoms with Crippen molar-refractivity contribution < 1.29 is 31.9 Å². The molecule has 0 aliphatic rings. The Balaban J connectivity index is 1.83. The molecule has 1 heterocycles. The van der Waals surface area contributed by atoms with Gasteiger partial charge < -0.3 is 19.8 Å². The molecular weight excluding hydrogens is 341 g/mol. The van der Waals surface area contributed by atoms with Gasteiger partial charge in [-0.05, 0) is 24.3 Å². The first-order valence-electron chi connectivity index (χ1n) is 7.25. The van der Waals surface area contributed by atoms with Crippen molar-refractivity contribution in [1.29, 1.82) is 0 Å². The third-order valence-electron chi connectivity index (χ3n) is 2.94. The Morgan fingerprint density at radius 2 is 1.88 bits per heavy atom. The highest BCUT2D eigenvalue weighted by atomic mass is 19.4. The lowest BCUT2D eigenvalue weighted by molar-refractivity contribution is -0.153. The van der Waals surface area contributed by atoms with E-state index in [1.165, 1.54) is 30.5 Å². The molecule has 2 aromatic rings. The summed E-state index contributed by atoms with van der Waals surface area (Å²) in [6, 6.07) is 8.81. The number of carbonyl (C=O) groups is 2. The monoisotopic (exact) mass is 356 g/mol. The second kappa shape index (κ2) is 8.22. The number of hydrogen-bond donors (Lipinski definition) is 2. The molecule has 2 N–H and O–H groups in total. The van der Waals surface area contributed by atoms with Crippen LogP contribution in [0.5, 0.6) is 5.75 Å². The summed E-state index contributed by atoms with van der Waals surface area (Å²) in [5.41, 5.74) is 0.120. The predicted molar refractivity (Wildman–Crippen MR) is 82.3 cm³/mol. The van der Waals surface area contributed by atoms with Crippen molar-refractivity contribution in [2.75, 3.05) is 18.5 Å². The molecule has 0 saturated heterocycles. The second-order valence-corrected chi connectivity index (χ2v) is 4.93. The number of alkyl halides is 3. The van der Waals surface area contributed by atoms with E-state index in [0.29, 0.717) is 0 Å². The molecule has 0 aliphatic heterocycles. The van der Waals surface area contributed by atoms with E-state index in [1.807, 2.05) is 0 Å². The summed E-state index contributed by atoms with van der Waals surface area (Å²) in [5.74, 6) is -0.923. The predicted octanol–water partition coefficient (Wildman–Crippen LogP) is 2.98. The first-order valence-corrected chi connectivity index (χ1v) is 7.25. The molecular formula is C16H15F3N2O4. The van der Waals surface area contributed by atoms with Crippen molar-refractivity contribution in [2.45, 2.75) is 12.6 Å². The number of hydrogen-bond acceptors (Lipinski definition) is 4. The van der Waals surface area contributed by atoms with Crippen LogP contribution in [0.25, 0.3) is 0 Å². The van der Waals surface area contributed by atoms with Crippen molar-refractivity contribution in [1.82, 2.24) is 5.32 Å². The third kappa shape index (κ3) is 6.21. The van der Waals surface area contributed by atoms with Crippen molar-refractivity contribution in [2.24, 2.45) is 0 Å². The van der Waals surface area contributed by atoms with Crippen molar-refractivity contribution in [3.05, 3.63) is 48.4 Å². The lowest BCUT2D eigenvalue weighted by Crippen LogP contribution is -2.27. The fraction of sp³-hybridized carbons (Fsp3) is 0.250. The molecule has 1 aromatic heterocycles. The van der Waals surface area contributed by atoms with Crippen molar-refractivity contribution in [3.8, 4) is 5.75 Å². The minimum absolute atomic E-state index is 0.0386. The van der Waals surface area contributed by atoms with Crippen LogP contribution < -0.4 is 15.4 Å². The van der Waals surface area contributed by atoms with Gasteiger partial charge >= 0.3 is 6.18 Å². The number of furan rings is 1. The average molecular weight is 356 g/mol. The molecule has 134 valence electrons. The van der Waals surface area contributed by atoms with E-state index in [9.17, 15) is 22.8 Å². The van der Waals surface area contributed by atoms with Crippen LogP contribution in [0, 0.1) is 0 Å². The van der Waals surface area contributed by atoms with Gasteiger partial charge in [0.05, 0.1) is 12.0 Å². The molecule has 0 saturated carbocycles. The molecule has 25 heavy (non-hydrogen) atoms. The van der Waals surface area contributed by atoms with Crippen LogP contribution in [0.3, 0.4) is 0 Å². The van der Waals surface area contributed by atoms with E-state index >= 15 is 0 Å². The first-order chi connectivity index (χ1) is 11.8. The lowest BCUT2D eigenvalue weighted by Gasteiger charge is -2.13. The number of para-hydroxylation sites is 2. The third-order valence-corrected chi connectivity index (χ3v) is 2.94. The number of halogens is 3. The van der Waals surface area contributed by atoms with E-state index in [2.05, 4.69) is 15.4 Å². The Morgan fingerprint density at radius 1 is 1.12 bits per heavy atom. The van der Waals surface area contributed by atoms with E-state index in [-0.39, 0.29) is 30.2 Å². The topological polar surface area (TPSA) is 80.6 Å². The van der Waals surface area contributed by atoms with Gasteiger partial charge in [-0.2, -0.15) is 13.2 Å². The molecule has 0 aliphatic carbocycles. The molecule has 0 bridgehead atoms. The van der Waals surface area contributed by atoms with Crippen LogP contribution in [0.1, 0.15) is 17.0 Å². The number of ether oxygens (including phenoxy) is 1. The largest absolute Gasteiger partial charge is 0.482 e. The van der Waals surface area contributed by atoms with Gasteiger partial charge in [-0.25, -0.2) is 0 Å². The highest BCUT2D eigenvalue weighted by Crippen LogP contribution is 2.26. The van der Waals surface area contributed by atoms with Crippen molar-refractivity contribution in [3.63, 3.8) is 0 Å². The van der Waals surface area contributed by atoms with Gasteiger partial charge in [0.2, 0.25) is 5.91 Å². The summed E-state index contributed by atoms with van der Waals surface area (Å²) in [4.78, 5) is 23.5. The fourth-order valence-electron chi connectivity index (χ4n) is 1.85. The van der Waals surface area contributed by atoms with Crippen LogP contribution in [-0.2, 0) is 4.79 Å². The average Bonchev–Trinajstić information content (AvgIpc) is 3.07. The van der Waals surface area contributed by atoms with Crippen molar-refractivity contribution >= 4 is 17.5 Å². The van der Waals surface area contributed by atoms with E-state index in [1.54, 1.807) is 12.1 Å². The Kier molecular flexibility index (Phi) is 6.04. The van der Waals surface area contributed by atoms with Gasteiger partial charge in [0, 0.05) is 13.0 Å². The van der Waals surface area contributed by atoms with Crippen LogP contribution in [-0.4, -0.2) is 31.1 Å². The molecule has 9 heteroatoms. The standard InChI is InChI=1S/C16H15F3N2O4/c17-16(18,19)10-25-12-5-2-1-4-11(12)21-14(22)7-8-20-15(23)13-6-3-9-24-13/h1-6,9H,7-8,10H2,(H,20,23)(H,21,22). The summed E-state index contributed by atoms with van der Waals surface area (Å²) in [5, 5.41) is 4.94. The maximum absolute atomic E-state index is 12.2. The number of benzene rings is 1. The molecule has 0 unspecified atom stereocenters. The summed E-state index contributed by atoms with van der Waals surface area (Å²) in [7, 11) is 0. The number of nitrogens with one attached hydrogen (secondary N) is 2. The van der Waals surface area contributed by atoms with Crippen LogP contribution in [0.4, 0.5) is 18.9 Å². The Labute approximate surface area is 141 Å². The summed E-state index contributed by atoms with van der Waals surface area (Å²) in [6.07, 6.45) is -3.20. The Hall–Kier alpha value is -2.97. The molecule has 0 fully saturated rings. The quantitative estimate of drug-likeness (QED) is 0.799. The zero-order chi connectivity index (χ0) is 18.3. The van der Waals surface area contributed by atoms with Gasteiger partial charge in [0.25, 0.3) is 5.91 Å². The number of rotatable bonds is 7. The zero-order valence-electron chi connectivity index (χ0n) is 12.9. The Morgan fingerprint density at radius 3 is 2.56 bits per heavy atom. The molecule has 1 aromatic carbocycles. The van der Waals surface area contributed by atoms with Crippen LogP contribution >= 0.6 is 0 Å². The normalized spacial score (nSPS) is 11.0. The smallest absolute Gasteiger partial charge is 0.422 e. The van der Waals surface area contributed by atoms with Crippen LogP contribution in [0.2, 0.25) is 0 Å². The van der Waals surface area contributed by atoms with Gasteiger partial charge in [-0.1, -0.05) is 12.1 Å². The zero-order valence-corrected chi connectivity index (χ0v) is 12.9. The second-order valence-electron chi connectivity index (χ2n) is 4.93. The minimum Gasteiger partial charge on any atom is -0.482 e. The first kappa shape index (κ1) is 18.4. The maximum Gasteiger partial charge on any atom is 0.422 e. The Bertz CT molecular complexity index is 714. The van der Waals surface area contributed by atoms with E-state index in [0.717, 1.165) is 0 Å². The van der Waals surface area contributed by atoms with Gasteiger partial charge in [-0.15, -0.1) is 0 Å². The summed E-state index contributed by atoms with van der Waals surface area (Å²) in [6.45, 7) is -1.42. The van der Waals surface area contributed by atoms with Gasteiger partial charge in [-0.3, -0.25) is 9.59 Å². The molecule has 2 rings (SSSR count). The highest BCUT2D eigenvalue weighted by Gasteiger charge is 2.28. The van der Waals surface area contributed by atoms with Gasteiger partial charge in [0.1, 0.15) is 5.75 Å². The summed E-state index contributed by atoms with van der Waals surface area (Å²) >= 11 is 0. The molecule has 0 radical (unpaired) electrons. The molecule has 6 nitrogen and oxygen atoms in total. The molecule has 2 amide bonds. The van der Waals surface area contributed by atoms with Crippen LogP contribution in [0.15, 0.2) is 47.1 Å². The SMILES string of the molecule is O=C(CCNC(=O)c1ccco1)Nc1ccccc1OCC(F)(F)F. The number of amides is 2. The maximum atomic E-state index is 12.2. The lowest BCUT2D eigenvalue weighted by atomic mass is 10.2. The van der Waals surface area contributed by atoms with E-state index in [4.69, 9.17) is 4.42 Å². The fourth-order valence-corrected chi connectivity index (χ4v) is 1.85. The number of carbonyl (C=O) groups excluding carboxylic acids is 2. The van der Waals surface area contributed by atoms with Gasteiger partial charge in [0.15, 0.2) is 12.4 Å². The minimum atomic E-state index is -4.48. The molecule has 0 atom stereocenters. The number of anilines is 1. The molecule has 0 spiro atoms.